The van der Waals surface area contributed by atoms with E-state index in [0.29, 0.717) is 11.5 Å². The molecule has 2 rings (SSSR count). The fraction of sp³-hybridized carbons (Fsp3) is 0.250. The van der Waals surface area contributed by atoms with Gasteiger partial charge in [-0.05, 0) is 25.1 Å². The Kier molecular flexibility index (Phi) is 5.30. The van der Waals surface area contributed by atoms with Gasteiger partial charge in [0.1, 0.15) is 6.61 Å². The Hall–Kier alpha value is -2.63. The van der Waals surface area contributed by atoms with E-state index in [1.165, 1.54) is 12.3 Å². The molecule has 116 valence electrons. The number of hydrogen-bond donors (Lipinski definition) is 1. The predicted octanol–water partition coefficient (Wildman–Crippen LogP) is 2.43. The summed E-state index contributed by atoms with van der Waals surface area (Å²) in [4.78, 5) is 15.6. The molecule has 1 N–H and O–H groups in total. The second kappa shape index (κ2) is 7.40. The highest BCUT2D eigenvalue weighted by Crippen LogP contribution is 2.25. The maximum atomic E-state index is 13.5. The highest BCUT2D eigenvalue weighted by atomic mass is 19.1. The van der Waals surface area contributed by atoms with E-state index in [2.05, 4.69) is 10.3 Å². The van der Waals surface area contributed by atoms with Crippen molar-refractivity contribution in [3.8, 4) is 11.5 Å². The van der Waals surface area contributed by atoms with E-state index in [0.717, 1.165) is 6.20 Å². The van der Waals surface area contributed by atoms with Crippen LogP contribution in [0.2, 0.25) is 0 Å². The zero-order valence-corrected chi connectivity index (χ0v) is 12.4. The summed E-state index contributed by atoms with van der Waals surface area (Å²) in [6.45, 7) is 2.01. The van der Waals surface area contributed by atoms with Gasteiger partial charge in [-0.3, -0.25) is 9.78 Å². The normalized spacial score (nSPS) is 11.6. The second-order valence-electron chi connectivity index (χ2n) is 4.69. The first-order valence-corrected chi connectivity index (χ1v) is 6.78. The first kappa shape index (κ1) is 15.8. The lowest BCUT2D eigenvalue weighted by Crippen LogP contribution is -2.37. The highest BCUT2D eigenvalue weighted by molar-refractivity contribution is 5.94. The molecule has 6 heteroatoms. The molecule has 0 aliphatic rings. The minimum absolute atomic E-state index is 0.0425. The van der Waals surface area contributed by atoms with Crippen molar-refractivity contribution in [2.24, 2.45) is 0 Å². The Morgan fingerprint density at radius 2 is 2.05 bits per heavy atom. The SMILES string of the molecule is COc1ccccc1OC[C@@H](C)NC(=O)c1ccncc1F. The Bertz CT molecular complexity index is 649. The number of carbonyl (C=O) groups is 1. The fourth-order valence-corrected chi connectivity index (χ4v) is 1.86. The molecule has 1 aromatic carbocycles. The predicted molar refractivity (Wildman–Crippen MR) is 79.6 cm³/mol. The summed E-state index contributed by atoms with van der Waals surface area (Å²) >= 11 is 0. The van der Waals surface area contributed by atoms with Crippen LogP contribution in [-0.4, -0.2) is 30.6 Å². The molecule has 1 atom stereocenters. The maximum absolute atomic E-state index is 13.5. The molecule has 1 aromatic heterocycles. The largest absolute Gasteiger partial charge is 0.493 e. The van der Waals surface area contributed by atoms with Gasteiger partial charge in [-0.1, -0.05) is 12.1 Å². The minimum Gasteiger partial charge on any atom is -0.493 e. The summed E-state index contributed by atoms with van der Waals surface area (Å²) in [6.07, 6.45) is 2.37. The van der Waals surface area contributed by atoms with Crippen LogP contribution in [0.1, 0.15) is 17.3 Å². The summed E-state index contributed by atoms with van der Waals surface area (Å²) in [5.74, 6) is 0.0382. The monoisotopic (exact) mass is 304 g/mol. The van der Waals surface area contributed by atoms with Crippen LogP contribution >= 0.6 is 0 Å². The lowest BCUT2D eigenvalue weighted by molar-refractivity contribution is 0.0922. The Labute approximate surface area is 128 Å². The van der Waals surface area contributed by atoms with Gasteiger partial charge >= 0.3 is 0 Å². The standard InChI is InChI=1S/C16H17FN2O3/c1-11(10-22-15-6-4-3-5-14(15)21-2)19-16(20)12-7-8-18-9-13(12)17/h3-9,11H,10H2,1-2H3,(H,19,20)/t11-/m1/s1. The molecular formula is C16H17FN2O3. The minimum atomic E-state index is -0.655. The average molecular weight is 304 g/mol. The number of nitrogens with zero attached hydrogens (tertiary/aromatic N) is 1. The van der Waals surface area contributed by atoms with Crippen molar-refractivity contribution < 1.29 is 18.7 Å². The van der Waals surface area contributed by atoms with Gasteiger partial charge in [0.2, 0.25) is 0 Å². The van der Waals surface area contributed by atoms with E-state index in [-0.39, 0.29) is 18.2 Å². The number of hydrogen-bond acceptors (Lipinski definition) is 4. The maximum Gasteiger partial charge on any atom is 0.254 e. The van der Waals surface area contributed by atoms with E-state index < -0.39 is 11.7 Å². The number of ether oxygens (including phenoxy) is 2. The number of rotatable bonds is 6. The number of nitrogens with one attached hydrogen (secondary N) is 1. The lowest BCUT2D eigenvalue weighted by atomic mass is 10.2. The number of halogens is 1. The first-order chi connectivity index (χ1) is 10.6. The third kappa shape index (κ3) is 3.94. The first-order valence-electron chi connectivity index (χ1n) is 6.78. The van der Waals surface area contributed by atoms with E-state index in [4.69, 9.17) is 9.47 Å². The Balaban J connectivity index is 1.92. The van der Waals surface area contributed by atoms with Gasteiger partial charge in [0.15, 0.2) is 17.3 Å². The molecule has 0 saturated heterocycles. The molecule has 2 aromatic rings. The van der Waals surface area contributed by atoms with Gasteiger partial charge in [-0.2, -0.15) is 0 Å². The number of amides is 1. The average Bonchev–Trinajstić information content (AvgIpc) is 2.53. The van der Waals surface area contributed by atoms with Gasteiger partial charge in [-0.25, -0.2) is 4.39 Å². The van der Waals surface area contributed by atoms with Crippen molar-refractivity contribution in [1.82, 2.24) is 10.3 Å². The lowest BCUT2D eigenvalue weighted by Gasteiger charge is -2.16. The van der Waals surface area contributed by atoms with Crippen LogP contribution < -0.4 is 14.8 Å². The molecule has 0 aliphatic carbocycles. The molecule has 5 nitrogen and oxygen atoms in total. The van der Waals surface area contributed by atoms with Crippen molar-refractivity contribution in [2.75, 3.05) is 13.7 Å². The van der Waals surface area contributed by atoms with Gasteiger partial charge < -0.3 is 14.8 Å². The molecule has 0 aliphatic heterocycles. The van der Waals surface area contributed by atoms with E-state index in [1.807, 2.05) is 12.1 Å². The zero-order chi connectivity index (χ0) is 15.9. The number of para-hydroxylation sites is 2. The molecular weight excluding hydrogens is 287 g/mol. The van der Waals surface area contributed by atoms with E-state index >= 15 is 0 Å². The van der Waals surface area contributed by atoms with Crippen molar-refractivity contribution in [3.63, 3.8) is 0 Å². The highest BCUT2D eigenvalue weighted by Gasteiger charge is 2.14. The summed E-state index contributed by atoms with van der Waals surface area (Å²) in [5.41, 5.74) is -0.0425. The van der Waals surface area contributed by atoms with Crippen molar-refractivity contribution in [2.45, 2.75) is 13.0 Å². The van der Waals surface area contributed by atoms with Crippen LogP contribution in [0.15, 0.2) is 42.7 Å². The van der Waals surface area contributed by atoms with Crippen LogP contribution in [0.4, 0.5) is 4.39 Å². The number of methoxy groups -OCH3 is 1. The Morgan fingerprint density at radius 3 is 2.73 bits per heavy atom. The number of carbonyl (C=O) groups excluding carboxylic acids is 1. The number of benzene rings is 1. The molecule has 0 fully saturated rings. The van der Waals surface area contributed by atoms with Crippen molar-refractivity contribution in [1.29, 1.82) is 0 Å². The van der Waals surface area contributed by atoms with E-state index in [9.17, 15) is 9.18 Å². The molecule has 0 saturated carbocycles. The second-order valence-corrected chi connectivity index (χ2v) is 4.69. The Morgan fingerprint density at radius 1 is 1.32 bits per heavy atom. The zero-order valence-electron chi connectivity index (χ0n) is 12.4. The smallest absolute Gasteiger partial charge is 0.254 e. The molecule has 0 bridgehead atoms. The quantitative estimate of drug-likeness (QED) is 0.890. The van der Waals surface area contributed by atoms with Gasteiger partial charge in [0.25, 0.3) is 5.91 Å². The molecule has 1 heterocycles. The van der Waals surface area contributed by atoms with Crippen molar-refractivity contribution in [3.05, 3.63) is 54.1 Å². The molecule has 0 radical (unpaired) electrons. The summed E-state index contributed by atoms with van der Waals surface area (Å²) in [5, 5.41) is 2.67. The van der Waals surface area contributed by atoms with Crippen LogP contribution in [0, 0.1) is 5.82 Å². The van der Waals surface area contributed by atoms with Gasteiger partial charge in [0, 0.05) is 6.20 Å². The van der Waals surface area contributed by atoms with Crippen LogP contribution in [-0.2, 0) is 0 Å². The third-order valence-electron chi connectivity index (χ3n) is 2.95. The van der Waals surface area contributed by atoms with Crippen LogP contribution in [0.25, 0.3) is 0 Å². The van der Waals surface area contributed by atoms with Gasteiger partial charge in [-0.15, -0.1) is 0 Å². The molecule has 22 heavy (non-hydrogen) atoms. The topological polar surface area (TPSA) is 60.5 Å². The van der Waals surface area contributed by atoms with Crippen LogP contribution in [0.3, 0.4) is 0 Å². The van der Waals surface area contributed by atoms with Crippen molar-refractivity contribution >= 4 is 5.91 Å². The van der Waals surface area contributed by atoms with Gasteiger partial charge in [0.05, 0.1) is 24.9 Å². The summed E-state index contributed by atoms with van der Waals surface area (Å²) in [7, 11) is 1.56. The molecule has 1 amide bonds. The van der Waals surface area contributed by atoms with E-state index in [1.54, 1.807) is 26.2 Å². The fourth-order valence-electron chi connectivity index (χ4n) is 1.86. The third-order valence-corrected chi connectivity index (χ3v) is 2.95. The molecule has 0 spiro atoms. The molecule has 0 unspecified atom stereocenters. The summed E-state index contributed by atoms with van der Waals surface area (Å²) in [6, 6.07) is 8.25. The number of aromatic nitrogens is 1. The van der Waals surface area contributed by atoms with Crippen LogP contribution in [0.5, 0.6) is 11.5 Å². The number of pyridine rings is 1. The summed E-state index contributed by atoms with van der Waals surface area (Å²) < 4.78 is 24.3.